The van der Waals surface area contributed by atoms with E-state index in [4.69, 9.17) is 11.5 Å². The predicted molar refractivity (Wildman–Crippen MR) is 114 cm³/mol. The summed E-state index contributed by atoms with van der Waals surface area (Å²) < 4.78 is 41.5. The Kier molecular flexibility index (Phi) is 6.14. The number of aromatic nitrogens is 5. The van der Waals surface area contributed by atoms with Gasteiger partial charge in [0.25, 0.3) is 5.91 Å². The van der Waals surface area contributed by atoms with E-state index in [1.165, 1.54) is 30.7 Å². The molecule has 0 radical (unpaired) electrons. The minimum atomic E-state index is -4.61. The average molecular weight is 461 g/mol. The summed E-state index contributed by atoms with van der Waals surface area (Å²) in [6.45, 7) is 0. The fraction of sp³-hybridized carbons (Fsp3) is 0.350. The second-order valence-electron chi connectivity index (χ2n) is 7.72. The number of nitrogens with two attached hydrogens (primary N) is 2. The number of carbonyl (C=O) groups is 1. The molecule has 10 nitrogen and oxygen atoms in total. The first-order valence-electron chi connectivity index (χ1n) is 10.3. The van der Waals surface area contributed by atoms with Crippen molar-refractivity contribution in [3.05, 3.63) is 47.9 Å². The van der Waals surface area contributed by atoms with Gasteiger partial charge in [-0.05, 0) is 31.0 Å². The van der Waals surface area contributed by atoms with Crippen LogP contribution in [0, 0.1) is 0 Å². The molecule has 2 aromatic heterocycles. The molecule has 0 unspecified atom stereocenters. The van der Waals surface area contributed by atoms with Crippen LogP contribution in [0.15, 0.2) is 36.8 Å². The number of alkyl halides is 3. The molecule has 0 spiro atoms. The second kappa shape index (κ2) is 9.02. The van der Waals surface area contributed by atoms with Crippen molar-refractivity contribution in [1.82, 2.24) is 25.0 Å². The van der Waals surface area contributed by atoms with Crippen molar-refractivity contribution >= 4 is 23.4 Å². The van der Waals surface area contributed by atoms with Crippen molar-refractivity contribution in [3.63, 3.8) is 0 Å². The summed E-state index contributed by atoms with van der Waals surface area (Å²) in [5.74, 6) is -0.510. The Labute approximate surface area is 186 Å². The molecule has 0 aliphatic heterocycles. The van der Waals surface area contributed by atoms with E-state index in [9.17, 15) is 18.0 Å². The van der Waals surface area contributed by atoms with Gasteiger partial charge in [-0.3, -0.25) is 4.79 Å². The number of amides is 1. The van der Waals surface area contributed by atoms with Gasteiger partial charge in [-0.1, -0.05) is 18.1 Å². The van der Waals surface area contributed by atoms with Crippen molar-refractivity contribution in [3.8, 4) is 5.69 Å². The minimum absolute atomic E-state index is 0.0179. The van der Waals surface area contributed by atoms with Gasteiger partial charge in [0.15, 0.2) is 0 Å². The van der Waals surface area contributed by atoms with Crippen LogP contribution in [-0.4, -0.2) is 43.0 Å². The van der Waals surface area contributed by atoms with E-state index in [0.29, 0.717) is 0 Å². The molecule has 1 aromatic carbocycles. The Morgan fingerprint density at radius 3 is 2.67 bits per heavy atom. The van der Waals surface area contributed by atoms with Gasteiger partial charge in [0.1, 0.15) is 11.4 Å². The Bertz CT molecular complexity index is 1130. The zero-order valence-corrected chi connectivity index (χ0v) is 17.4. The molecule has 13 heteroatoms. The van der Waals surface area contributed by atoms with Gasteiger partial charge in [0, 0.05) is 24.0 Å². The quantitative estimate of drug-likeness (QED) is 0.438. The lowest BCUT2D eigenvalue weighted by atomic mass is 9.91. The molecule has 1 saturated carbocycles. The van der Waals surface area contributed by atoms with Gasteiger partial charge in [0.2, 0.25) is 5.95 Å². The first kappa shape index (κ1) is 22.5. The molecule has 174 valence electrons. The first-order valence-corrected chi connectivity index (χ1v) is 10.3. The van der Waals surface area contributed by atoms with Crippen LogP contribution in [0.4, 0.5) is 30.6 Å². The topological polar surface area (TPSA) is 150 Å². The number of carbonyl (C=O) groups excluding carboxylic acids is 1. The lowest BCUT2D eigenvalue weighted by molar-refractivity contribution is -0.137. The maximum atomic E-state index is 13.5. The highest BCUT2D eigenvalue weighted by atomic mass is 19.4. The van der Waals surface area contributed by atoms with Gasteiger partial charge < -0.3 is 22.1 Å². The van der Waals surface area contributed by atoms with Crippen LogP contribution >= 0.6 is 0 Å². The molecule has 1 fully saturated rings. The lowest BCUT2D eigenvalue weighted by Crippen LogP contribution is -2.43. The van der Waals surface area contributed by atoms with Crippen LogP contribution in [0.3, 0.4) is 0 Å². The molecular formula is C20H22F3N9O. The fourth-order valence-electron chi connectivity index (χ4n) is 3.74. The third kappa shape index (κ3) is 5.03. The Hall–Kier alpha value is -3.74. The summed E-state index contributed by atoms with van der Waals surface area (Å²) >= 11 is 0. The monoisotopic (exact) mass is 461 g/mol. The molecular weight excluding hydrogens is 439 g/mol. The van der Waals surface area contributed by atoms with Crippen LogP contribution in [-0.2, 0) is 6.18 Å². The molecule has 1 aliphatic rings. The van der Waals surface area contributed by atoms with E-state index >= 15 is 0 Å². The Morgan fingerprint density at radius 1 is 1.21 bits per heavy atom. The number of hydrogen-bond donors (Lipinski definition) is 4. The molecule has 3 aromatic rings. The van der Waals surface area contributed by atoms with Gasteiger partial charge >= 0.3 is 6.18 Å². The minimum Gasteiger partial charge on any atom is -0.365 e. The van der Waals surface area contributed by atoms with E-state index in [0.717, 1.165) is 36.4 Å². The second-order valence-corrected chi connectivity index (χ2v) is 7.72. The van der Waals surface area contributed by atoms with E-state index in [2.05, 4.69) is 30.9 Å². The molecule has 0 bridgehead atoms. The number of rotatable bonds is 6. The zero-order chi connectivity index (χ0) is 23.6. The van der Waals surface area contributed by atoms with Gasteiger partial charge in [0.05, 0.1) is 23.6 Å². The smallest absolute Gasteiger partial charge is 0.365 e. The number of primary amides is 1. The Balaban J connectivity index is 1.67. The van der Waals surface area contributed by atoms with Crippen molar-refractivity contribution < 1.29 is 18.0 Å². The standard InChI is InChI=1S/C20H22F3N9O/c21-20(22,23)13-6-5-11(9-16(13)32-8-7-27-31-32)28-18-12(17(25)33)10-26-19(30-18)29-15-4-2-1-3-14(15)24/h5-10,14-15H,1-4,24H2,(H2,25,33)(H2,26,28,29,30)/t14-,15+/m0/s1. The van der Waals surface area contributed by atoms with Crippen molar-refractivity contribution in [2.75, 3.05) is 10.6 Å². The van der Waals surface area contributed by atoms with Crippen molar-refractivity contribution in [2.24, 2.45) is 11.5 Å². The molecule has 0 saturated heterocycles. The highest BCUT2D eigenvalue weighted by Gasteiger charge is 2.34. The fourth-order valence-corrected chi connectivity index (χ4v) is 3.74. The summed E-state index contributed by atoms with van der Waals surface area (Å²) in [5.41, 5.74) is 10.7. The first-order chi connectivity index (χ1) is 15.7. The normalized spacial score (nSPS) is 18.7. The number of halogens is 3. The van der Waals surface area contributed by atoms with Crippen molar-refractivity contribution in [2.45, 2.75) is 43.9 Å². The largest absolute Gasteiger partial charge is 0.418 e. The summed E-state index contributed by atoms with van der Waals surface area (Å²) in [4.78, 5) is 20.4. The molecule has 2 atom stereocenters. The highest BCUT2D eigenvalue weighted by molar-refractivity contribution is 5.98. The number of nitrogens with one attached hydrogen (secondary N) is 2. The van der Waals surface area contributed by atoms with E-state index in [-0.39, 0.29) is 40.8 Å². The van der Waals surface area contributed by atoms with Crippen LogP contribution in [0.5, 0.6) is 0 Å². The summed E-state index contributed by atoms with van der Waals surface area (Å²) in [5, 5.41) is 13.3. The highest BCUT2D eigenvalue weighted by Crippen LogP contribution is 2.35. The molecule has 33 heavy (non-hydrogen) atoms. The zero-order valence-electron chi connectivity index (χ0n) is 17.4. The average Bonchev–Trinajstić information content (AvgIpc) is 3.29. The number of hydrogen-bond acceptors (Lipinski definition) is 8. The molecule has 1 aliphatic carbocycles. The summed E-state index contributed by atoms with van der Waals surface area (Å²) in [7, 11) is 0. The van der Waals surface area contributed by atoms with E-state index in [1.54, 1.807) is 0 Å². The van der Waals surface area contributed by atoms with Crippen LogP contribution in [0.25, 0.3) is 5.69 Å². The maximum Gasteiger partial charge on any atom is 0.418 e. The number of anilines is 3. The summed E-state index contributed by atoms with van der Waals surface area (Å²) in [6.07, 6.45) is 3.01. The van der Waals surface area contributed by atoms with E-state index in [1.807, 2.05) is 0 Å². The Morgan fingerprint density at radius 2 is 2.00 bits per heavy atom. The molecule has 6 N–H and O–H groups in total. The van der Waals surface area contributed by atoms with Gasteiger partial charge in [-0.2, -0.15) is 18.2 Å². The van der Waals surface area contributed by atoms with E-state index < -0.39 is 17.6 Å². The number of benzene rings is 1. The molecule has 2 heterocycles. The van der Waals surface area contributed by atoms with Gasteiger partial charge in [-0.25, -0.2) is 9.67 Å². The van der Waals surface area contributed by atoms with Crippen LogP contribution in [0.1, 0.15) is 41.6 Å². The SMILES string of the molecule is NC(=O)c1cnc(N[C@@H]2CCCC[C@@H]2N)nc1Nc1ccc(C(F)(F)F)c(-n2ccnn2)c1. The molecule has 1 amide bonds. The van der Waals surface area contributed by atoms with Crippen molar-refractivity contribution in [1.29, 1.82) is 0 Å². The lowest BCUT2D eigenvalue weighted by Gasteiger charge is -2.29. The van der Waals surface area contributed by atoms with Crippen LogP contribution in [0.2, 0.25) is 0 Å². The molecule has 4 rings (SSSR count). The third-order valence-corrected chi connectivity index (χ3v) is 5.42. The summed E-state index contributed by atoms with van der Waals surface area (Å²) in [6, 6.07) is 3.27. The third-order valence-electron chi connectivity index (χ3n) is 5.42. The number of nitrogens with zero attached hydrogens (tertiary/aromatic N) is 5. The maximum absolute atomic E-state index is 13.5. The van der Waals surface area contributed by atoms with Gasteiger partial charge in [-0.15, -0.1) is 5.10 Å². The van der Waals surface area contributed by atoms with Crippen LogP contribution < -0.4 is 22.1 Å². The predicted octanol–water partition coefficient (Wildman–Crippen LogP) is 2.60.